The zero-order valence-electron chi connectivity index (χ0n) is 8.50. The molecule has 16 heavy (non-hydrogen) atoms. The summed E-state index contributed by atoms with van der Waals surface area (Å²) in [7, 11) is -3.41. The van der Waals surface area contributed by atoms with Crippen LogP contribution in [-0.4, -0.2) is 15.0 Å². The minimum atomic E-state index is -3.41. The van der Waals surface area contributed by atoms with Crippen LogP contribution in [0, 0.1) is 0 Å². The third-order valence-corrected chi connectivity index (χ3v) is 3.55. The number of hydrogen-bond acceptors (Lipinski definition) is 2. The molecule has 0 unspecified atom stereocenters. The van der Waals surface area contributed by atoms with E-state index in [1.807, 2.05) is 0 Å². The van der Waals surface area contributed by atoms with Crippen LogP contribution in [0.5, 0.6) is 0 Å². The second-order valence-electron chi connectivity index (χ2n) is 3.31. The van der Waals surface area contributed by atoms with E-state index in [4.69, 9.17) is 0 Å². The molecule has 4 nitrogen and oxygen atoms in total. The van der Waals surface area contributed by atoms with E-state index in [2.05, 4.69) is 10.0 Å². The quantitative estimate of drug-likeness (QED) is 0.845. The summed E-state index contributed by atoms with van der Waals surface area (Å²) in [5.74, 6) is 0. The molecule has 0 saturated carbocycles. The lowest BCUT2D eigenvalue weighted by Gasteiger charge is -2.05. The standard InChI is InChI=1S/C11H11N2O2S/c14-16(15,11-4-2-1-3-5-11)13-9-10-6-7-12-8-10/h1-8,13H,9H2. The van der Waals surface area contributed by atoms with Crippen LogP contribution in [0.15, 0.2) is 59.3 Å². The monoisotopic (exact) mass is 235 g/mol. The van der Waals surface area contributed by atoms with Gasteiger partial charge in [0.2, 0.25) is 10.0 Å². The summed E-state index contributed by atoms with van der Waals surface area (Å²) in [5, 5.41) is 3.86. The van der Waals surface area contributed by atoms with Gasteiger partial charge in [0, 0.05) is 18.9 Å². The highest BCUT2D eigenvalue weighted by atomic mass is 32.2. The molecule has 83 valence electrons. The van der Waals surface area contributed by atoms with E-state index in [-0.39, 0.29) is 11.4 Å². The van der Waals surface area contributed by atoms with E-state index < -0.39 is 10.0 Å². The Morgan fingerprint density at radius 3 is 2.56 bits per heavy atom. The van der Waals surface area contributed by atoms with E-state index in [0.29, 0.717) is 0 Å². The molecule has 1 radical (unpaired) electrons. The number of benzene rings is 1. The van der Waals surface area contributed by atoms with Gasteiger partial charge in [0.05, 0.1) is 4.90 Å². The van der Waals surface area contributed by atoms with Gasteiger partial charge in [-0.15, -0.1) is 0 Å². The van der Waals surface area contributed by atoms with Crippen molar-refractivity contribution in [2.45, 2.75) is 4.90 Å². The first-order valence-corrected chi connectivity index (χ1v) is 6.27. The van der Waals surface area contributed by atoms with E-state index >= 15 is 0 Å². The Bertz CT molecular complexity index is 518. The Kier molecular flexibility index (Phi) is 3.07. The number of rotatable bonds is 4. The van der Waals surface area contributed by atoms with Crippen LogP contribution >= 0.6 is 0 Å². The molecule has 2 rings (SSSR count). The Morgan fingerprint density at radius 1 is 1.19 bits per heavy atom. The van der Waals surface area contributed by atoms with Crippen LogP contribution in [0.1, 0.15) is 0 Å². The van der Waals surface area contributed by atoms with Gasteiger partial charge >= 0.3 is 0 Å². The van der Waals surface area contributed by atoms with Gasteiger partial charge in [-0.3, -0.25) is 5.32 Å². The summed E-state index contributed by atoms with van der Waals surface area (Å²) < 4.78 is 26.1. The summed E-state index contributed by atoms with van der Waals surface area (Å²) >= 11 is 0. The number of sulfonamides is 1. The highest BCUT2D eigenvalue weighted by molar-refractivity contribution is 7.89. The minimum Gasteiger partial charge on any atom is -0.264 e. The zero-order chi connectivity index (χ0) is 11.4. The van der Waals surface area contributed by atoms with Crippen LogP contribution < -0.4 is 10.0 Å². The van der Waals surface area contributed by atoms with Crippen molar-refractivity contribution in [3.05, 3.63) is 54.4 Å². The summed E-state index contributed by atoms with van der Waals surface area (Å²) in [6.45, 7) is 0.261. The fourth-order valence-corrected chi connectivity index (χ4v) is 2.33. The van der Waals surface area contributed by atoms with E-state index in [1.54, 1.807) is 48.8 Å². The van der Waals surface area contributed by atoms with Crippen molar-refractivity contribution in [1.29, 1.82) is 0 Å². The second kappa shape index (κ2) is 4.51. The van der Waals surface area contributed by atoms with Gasteiger partial charge in [-0.05, 0) is 23.8 Å². The first-order chi connectivity index (χ1) is 7.68. The molecular formula is C11H11N2O2S. The van der Waals surface area contributed by atoms with Crippen LogP contribution in [-0.2, 0) is 10.0 Å². The lowest BCUT2D eigenvalue weighted by molar-refractivity contribution is 0.585. The molecule has 1 aromatic rings. The van der Waals surface area contributed by atoms with Crippen molar-refractivity contribution >= 4 is 10.0 Å². The summed E-state index contributed by atoms with van der Waals surface area (Å²) in [5.41, 5.74) is 0.847. The van der Waals surface area contributed by atoms with Crippen molar-refractivity contribution < 1.29 is 8.42 Å². The first kappa shape index (κ1) is 10.9. The highest BCUT2D eigenvalue weighted by Crippen LogP contribution is 2.08. The fraction of sp³-hybridized carbons (Fsp3) is 0.0909. The fourth-order valence-electron chi connectivity index (χ4n) is 1.29. The molecule has 0 aromatic heterocycles. The topological polar surface area (TPSA) is 60.3 Å². The first-order valence-electron chi connectivity index (χ1n) is 4.79. The Balaban J connectivity index is 2.06. The highest BCUT2D eigenvalue weighted by Gasteiger charge is 2.13. The summed E-state index contributed by atoms with van der Waals surface area (Å²) in [6, 6.07) is 8.29. The molecular weight excluding hydrogens is 224 g/mol. The van der Waals surface area contributed by atoms with Crippen molar-refractivity contribution in [1.82, 2.24) is 10.0 Å². The minimum absolute atomic E-state index is 0.261. The lowest BCUT2D eigenvalue weighted by Crippen LogP contribution is -2.25. The molecule has 1 aliphatic heterocycles. The SMILES string of the molecule is O=S(=O)(NCC1=C[N]C=C1)c1ccccc1. The van der Waals surface area contributed by atoms with E-state index in [0.717, 1.165) is 5.57 Å². The molecule has 5 heteroatoms. The van der Waals surface area contributed by atoms with Gasteiger partial charge in [0.15, 0.2) is 0 Å². The molecule has 1 aliphatic rings. The average Bonchev–Trinajstić information content (AvgIpc) is 2.81. The van der Waals surface area contributed by atoms with Crippen LogP contribution in [0.2, 0.25) is 0 Å². The maximum Gasteiger partial charge on any atom is 0.240 e. The molecule has 0 aliphatic carbocycles. The Morgan fingerprint density at radius 2 is 1.94 bits per heavy atom. The molecule has 0 atom stereocenters. The molecule has 1 heterocycles. The third-order valence-electron chi connectivity index (χ3n) is 2.13. The van der Waals surface area contributed by atoms with Gasteiger partial charge in [-0.2, -0.15) is 0 Å². The lowest BCUT2D eigenvalue weighted by atomic mass is 10.3. The van der Waals surface area contributed by atoms with Gasteiger partial charge in [-0.25, -0.2) is 13.1 Å². The molecule has 0 spiro atoms. The third kappa shape index (κ3) is 2.50. The van der Waals surface area contributed by atoms with Gasteiger partial charge in [0.25, 0.3) is 0 Å². The van der Waals surface area contributed by atoms with Gasteiger partial charge in [0.1, 0.15) is 0 Å². The van der Waals surface area contributed by atoms with Crippen molar-refractivity contribution in [2.24, 2.45) is 0 Å². The van der Waals surface area contributed by atoms with E-state index in [9.17, 15) is 8.42 Å². The predicted octanol–water partition coefficient (Wildman–Crippen LogP) is 0.981. The van der Waals surface area contributed by atoms with Crippen molar-refractivity contribution in [2.75, 3.05) is 6.54 Å². The number of nitrogens with one attached hydrogen (secondary N) is 1. The number of nitrogens with zero attached hydrogens (tertiary/aromatic N) is 1. The van der Waals surface area contributed by atoms with Gasteiger partial charge in [-0.1, -0.05) is 18.2 Å². The molecule has 0 fully saturated rings. The molecule has 0 amide bonds. The normalized spacial score (nSPS) is 14.6. The van der Waals surface area contributed by atoms with Crippen molar-refractivity contribution in [3.8, 4) is 0 Å². The molecule has 1 N–H and O–H groups in total. The average molecular weight is 235 g/mol. The largest absolute Gasteiger partial charge is 0.264 e. The zero-order valence-corrected chi connectivity index (χ0v) is 9.31. The van der Waals surface area contributed by atoms with Gasteiger partial charge < -0.3 is 0 Å². The van der Waals surface area contributed by atoms with Crippen molar-refractivity contribution in [3.63, 3.8) is 0 Å². The maximum absolute atomic E-state index is 11.8. The van der Waals surface area contributed by atoms with Crippen LogP contribution in [0.25, 0.3) is 0 Å². The second-order valence-corrected chi connectivity index (χ2v) is 5.07. The summed E-state index contributed by atoms with van der Waals surface area (Å²) in [6.07, 6.45) is 5.03. The maximum atomic E-state index is 11.8. The van der Waals surface area contributed by atoms with Crippen LogP contribution in [0.4, 0.5) is 0 Å². The molecule has 0 saturated heterocycles. The molecule has 0 bridgehead atoms. The molecule has 1 aromatic carbocycles. The van der Waals surface area contributed by atoms with E-state index in [1.165, 1.54) is 0 Å². The van der Waals surface area contributed by atoms with Crippen LogP contribution in [0.3, 0.4) is 0 Å². The smallest absolute Gasteiger partial charge is 0.240 e. The Labute approximate surface area is 94.7 Å². The summed E-state index contributed by atoms with van der Waals surface area (Å²) in [4.78, 5) is 0.273. The Hall–Kier alpha value is -1.59. The number of hydrogen-bond donors (Lipinski definition) is 1. The predicted molar refractivity (Wildman–Crippen MR) is 61.0 cm³/mol.